The van der Waals surface area contributed by atoms with Gasteiger partial charge in [0.2, 0.25) is 0 Å². The van der Waals surface area contributed by atoms with Gasteiger partial charge in [0, 0.05) is 13.1 Å². The van der Waals surface area contributed by atoms with Crippen molar-refractivity contribution in [2.45, 2.75) is 12.7 Å². The predicted octanol–water partition coefficient (Wildman–Crippen LogP) is 2.91. The number of fused-ring (bicyclic) bond motifs is 1. The molecule has 0 aliphatic carbocycles. The summed E-state index contributed by atoms with van der Waals surface area (Å²) in [5, 5.41) is 11.2. The van der Waals surface area contributed by atoms with Crippen molar-refractivity contribution in [3.8, 4) is 6.07 Å². The molecule has 0 atom stereocenters. The maximum atomic E-state index is 8.75. The van der Waals surface area contributed by atoms with Crippen molar-refractivity contribution >= 4 is 16.6 Å². The van der Waals surface area contributed by atoms with E-state index in [1.165, 1.54) is 22.5 Å². The van der Waals surface area contributed by atoms with E-state index in [9.17, 15) is 0 Å². The fourth-order valence-electron chi connectivity index (χ4n) is 2.90. The van der Waals surface area contributed by atoms with Crippen LogP contribution < -0.4 is 4.90 Å². The topological polar surface area (TPSA) is 62.0 Å². The lowest BCUT2D eigenvalue weighted by molar-refractivity contribution is 0.0226. The monoisotopic (exact) mass is 316 g/mol. The molecule has 0 unspecified atom stereocenters. The minimum absolute atomic E-state index is 0.196. The summed E-state index contributed by atoms with van der Waals surface area (Å²) in [6.45, 7) is 2.20. The Morgan fingerprint density at radius 3 is 2.71 bits per heavy atom. The van der Waals surface area contributed by atoms with Crippen molar-refractivity contribution in [2.24, 2.45) is 0 Å². The number of ether oxygens (including phenoxy) is 1. The third-order valence-electron chi connectivity index (χ3n) is 4.28. The van der Waals surface area contributed by atoms with Gasteiger partial charge < -0.3 is 9.64 Å². The molecular weight excluding hydrogens is 300 g/mol. The Morgan fingerprint density at radius 1 is 1.08 bits per heavy atom. The third-order valence-corrected chi connectivity index (χ3v) is 4.28. The highest BCUT2D eigenvalue weighted by atomic mass is 16.5. The summed E-state index contributed by atoms with van der Waals surface area (Å²) >= 11 is 0. The normalized spacial score (nSPS) is 14.4. The van der Waals surface area contributed by atoms with Crippen LogP contribution in [0.3, 0.4) is 0 Å². The summed E-state index contributed by atoms with van der Waals surface area (Å²) in [5.41, 5.74) is 1.55. The number of hydrogen-bond donors (Lipinski definition) is 0. The number of nitriles is 1. The Hall–Kier alpha value is -2.97. The van der Waals surface area contributed by atoms with Crippen molar-refractivity contribution in [1.29, 1.82) is 5.26 Å². The second-order valence-electron chi connectivity index (χ2n) is 5.85. The van der Waals surface area contributed by atoms with Gasteiger partial charge in [-0.15, -0.1) is 0 Å². The number of hydrogen-bond acceptors (Lipinski definition) is 5. The molecule has 1 fully saturated rings. The minimum atomic E-state index is 0.196. The lowest BCUT2D eigenvalue weighted by Crippen LogP contribution is -2.52. The fourth-order valence-corrected chi connectivity index (χ4v) is 2.90. The molecule has 2 heterocycles. The van der Waals surface area contributed by atoms with Crippen LogP contribution in [-0.2, 0) is 11.3 Å². The van der Waals surface area contributed by atoms with Gasteiger partial charge in [-0.25, -0.2) is 9.97 Å². The largest absolute Gasteiger partial charge is 0.370 e. The van der Waals surface area contributed by atoms with E-state index in [-0.39, 0.29) is 6.10 Å². The van der Waals surface area contributed by atoms with Crippen LogP contribution in [0.25, 0.3) is 10.8 Å². The standard InChI is InChI=1S/C19H16N4O/c20-8-16-9-22-19(10-21-16)23-11-17(12-23)24-13-15-6-3-5-14-4-1-2-7-18(14)15/h1-7,9-10,17H,11-13H2. The van der Waals surface area contributed by atoms with Gasteiger partial charge in [0.05, 0.1) is 25.1 Å². The number of anilines is 1. The first-order valence-electron chi connectivity index (χ1n) is 7.89. The molecule has 3 aromatic rings. The highest BCUT2D eigenvalue weighted by Gasteiger charge is 2.28. The second-order valence-corrected chi connectivity index (χ2v) is 5.85. The van der Waals surface area contributed by atoms with E-state index in [1.807, 2.05) is 6.07 Å². The van der Waals surface area contributed by atoms with Crippen LogP contribution >= 0.6 is 0 Å². The zero-order valence-electron chi connectivity index (χ0n) is 13.1. The van der Waals surface area contributed by atoms with Crippen LogP contribution in [0.5, 0.6) is 0 Å². The Kier molecular flexibility index (Phi) is 3.81. The summed E-state index contributed by atoms with van der Waals surface area (Å²) < 4.78 is 6.03. The van der Waals surface area contributed by atoms with Crippen molar-refractivity contribution in [3.05, 3.63) is 66.1 Å². The van der Waals surface area contributed by atoms with E-state index < -0.39 is 0 Å². The first-order valence-corrected chi connectivity index (χ1v) is 7.89. The lowest BCUT2D eigenvalue weighted by atomic mass is 10.1. The zero-order valence-corrected chi connectivity index (χ0v) is 13.1. The summed E-state index contributed by atoms with van der Waals surface area (Å²) in [7, 11) is 0. The molecule has 0 amide bonds. The molecule has 1 aliphatic heterocycles. The van der Waals surface area contributed by atoms with Gasteiger partial charge in [0.25, 0.3) is 0 Å². The second kappa shape index (κ2) is 6.26. The Bertz CT molecular complexity index is 890. The zero-order chi connectivity index (χ0) is 16.4. The third kappa shape index (κ3) is 2.80. The van der Waals surface area contributed by atoms with E-state index in [0.29, 0.717) is 12.3 Å². The summed E-state index contributed by atoms with van der Waals surface area (Å²) in [5.74, 6) is 0.791. The molecule has 24 heavy (non-hydrogen) atoms. The Balaban J connectivity index is 1.36. The van der Waals surface area contributed by atoms with Crippen LogP contribution in [-0.4, -0.2) is 29.2 Å². The molecule has 0 bridgehead atoms. The summed E-state index contributed by atoms with van der Waals surface area (Å²) in [6.07, 6.45) is 3.33. The van der Waals surface area contributed by atoms with E-state index in [0.717, 1.165) is 18.9 Å². The van der Waals surface area contributed by atoms with E-state index in [4.69, 9.17) is 10.00 Å². The number of benzene rings is 2. The van der Waals surface area contributed by atoms with Gasteiger partial charge in [-0.1, -0.05) is 42.5 Å². The van der Waals surface area contributed by atoms with Crippen LogP contribution in [0.15, 0.2) is 54.9 Å². The van der Waals surface area contributed by atoms with Crippen LogP contribution in [0.2, 0.25) is 0 Å². The van der Waals surface area contributed by atoms with Gasteiger partial charge in [-0.2, -0.15) is 5.26 Å². The first kappa shape index (κ1) is 14.6. The molecule has 0 saturated carbocycles. The van der Waals surface area contributed by atoms with Gasteiger partial charge in [0.1, 0.15) is 11.9 Å². The molecule has 118 valence electrons. The summed E-state index contributed by atoms with van der Waals surface area (Å²) in [6, 6.07) is 16.6. The molecule has 0 spiro atoms. The van der Waals surface area contributed by atoms with E-state index >= 15 is 0 Å². The number of aromatic nitrogens is 2. The lowest BCUT2D eigenvalue weighted by Gasteiger charge is -2.39. The smallest absolute Gasteiger partial charge is 0.158 e. The predicted molar refractivity (Wildman–Crippen MR) is 91.5 cm³/mol. The van der Waals surface area contributed by atoms with Gasteiger partial charge in [-0.05, 0) is 16.3 Å². The molecular formula is C19H16N4O. The average molecular weight is 316 g/mol. The van der Waals surface area contributed by atoms with Crippen LogP contribution in [0, 0.1) is 11.3 Å². The molecule has 4 rings (SSSR count). The highest BCUT2D eigenvalue weighted by molar-refractivity contribution is 5.85. The summed E-state index contributed by atoms with van der Waals surface area (Å²) in [4.78, 5) is 10.4. The van der Waals surface area contributed by atoms with Crippen molar-refractivity contribution < 1.29 is 4.74 Å². The molecule has 1 saturated heterocycles. The number of nitrogens with zero attached hydrogens (tertiary/aromatic N) is 4. The van der Waals surface area contributed by atoms with E-state index in [1.54, 1.807) is 6.20 Å². The maximum Gasteiger partial charge on any atom is 0.158 e. The van der Waals surface area contributed by atoms with Crippen molar-refractivity contribution in [3.63, 3.8) is 0 Å². The Morgan fingerprint density at radius 2 is 1.92 bits per heavy atom. The average Bonchev–Trinajstić information content (AvgIpc) is 2.61. The quantitative estimate of drug-likeness (QED) is 0.740. The van der Waals surface area contributed by atoms with Gasteiger partial charge in [0.15, 0.2) is 5.69 Å². The molecule has 1 aromatic heterocycles. The molecule has 2 aromatic carbocycles. The fraction of sp³-hybridized carbons (Fsp3) is 0.211. The molecule has 0 radical (unpaired) electrons. The van der Waals surface area contributed by atoms with Crippen LogP contribution in [0.4, 0.5) is 5.82 Å². The number of rotatable bonds is 4. The first-order chi connectivity index (χ1) is 11.8. The Labute approximate surface area is 140 Å². The molecule has 1 aliphatic rings. The van der Waals surface area contributed by atoms with Crippen molar-refractivity contribution in [1.82, 2.24) is 9.97 Å². The molecule has 5 nitrogen and oxygen atoms in total. The highest BCUT2D eigenvalue weighted by Crippen LogP contribution is 2.23. The van der Waals surface area contributed by atoms with Crippen LogP contribution in [0.1, 0.15) is 11.3 Å². The van der Waals surface area contributed by atoms with Crippen molar-refractivity contribution in [2.75, 3.05) is 18.0 Å². The molecule has 5 heteroatoms. The molecule has 0 N–H and O–H groups in total. The SMILES string of the molecule is N#Cc1cnc(N2CC(OCc3cccc4ccccc34)C2)cn1. The van der Waals surface area contributed by atoms with E-state index in [2.05, 4.69) is 57.3 Å². The maximum absolute atomic E-state index is 8.75. The van der Waals surface area contributed by atoms with Gasteiger partial charge in [-0.3, -0.25) is 0 Å². The van der Waals surface area contributed by atoms with Gasteiger partial charge >= 0.3 is 0 Å². The minimum Gasteiger partial charge on any atom is -0.370 e.